The molecular formula is C23H26F2N4O. The van der Waals surface area contributed by atoms with Crippen LogP contribution in [0.2, 0.25) is 0 Å². The fraction of sp³-hybridized carbons (Fsp3) is 0.391. The highest BCUT2D eigenvalue weighted by molar-refractivity contribution is 5.94. The van der Waals surface area contributed by atoms with Gasteiger partial charge in [-0.3, -0.25) is 4.79 Å². The van der Waals surface area contributed by atoms with E-state index in [0.29, 0.717) is 23.7 Å². The number of imidazole rings is 1. The molecule has 1 aromatic carbocycles. The van der Waals surface area contributed by atoms with E-state index in [2.05, 4.69) is 10.3 Å². The second-order valence-corrected chi connectivity index (χ2v) is 8.22. The molecule has 4 rings (SSSR count). The number of rotatable bonds is 4. The maximum absolute atomic E-state index is 15.0. The largest absolute Gasteiger partial charge is 0.355 e. The molecule has 0 atom stereocenters. The average molecular weight is 412 g/mol. The minimum Gasteiger partial charge on any atom is -0.355 e. The van der Waals surface area contributed by atoms with Crippen molar-refractivity contribution in [2.45, 2.75) is 45.1 Å². The van der Waals surface area contributed by atoms with Gasteiger partial charge in [-0.15, -0.1) is 0 Å². The van der Waals surface area contributed by atoms with Crippen LogP contribution in [0.4, 0.5) is 8.78 Å². The Balaban J connectivity index is 1.83. The quantitative estimate of drug-likeness (QED) is 0.680. The van der Waals surface area contributed by atoms with E-state index in [1.54, 1.807) is 0 Å². The molecule has 0 radical (unpaired) electrons. The monoisotopic (exact) mass is 412 g/mol. The first kappa shape index (κ1) is 20.5. The first-order valence-electron chi connectivity index (χ1n) is 10.3. The van der Waals surface area contributed by atoms with Crippen LogP contribution in [0.5, 0.6) is 0 Å². The molecule has 1 amide bonds. The molecule has 0 aliphatic heterocycles. The molecule has 0 bridgehead atoms. The van der Waals surface area contributed by atoms with Crippen molar-refractivity contribution < 1.29 is 13.6 Å². The minimum absolute atomic E-state index is 0.0568. The first-order chi connectivity index (χ1) is 14.4. The number of nitrogens with two attached hydrogens (primary N) is 1. The lowest BCUT2D eigenvalue weighted by atomic mass is 9.83. The van der Waals surface area contributed by atoms with Gasteiger partial charge in [0.05, 0.1) is 17.0 Å². The highest BCUT2D eigenvalue weighted by Crippen LogP contribution is 2.34. The summed E-state index contributed by atoms with van der Waals surface area (Å²) in [5, 5.41) is 2.39. The lowest BCUT2D eigenvalue weighted by Crippen LogP contribution is -2.27. The Labute approximate surface area is 174 Å². The maximum atomic E-state index is 15.0. The predicted molar refractivity (Wildman–Crippen MR) is 112 cm³/mol. The number of aryl methyl sites for hydroxylation is 1. The van der Waals surface area contributed by atoms with Crippen molar-refractivity contribution in [3.63, 3.8) is 0 Å². The Hall–Kier alpha value is -2.80. The molecule has 30 heavy (non-hydrogen) atoms. The SMILES string of the molecule is CNC(=O)c1cc(F)c(-c2nc3cc(C)ccn3c2CC2CCC(N)CC2)c(F)c1. The number of hydrogen-bond donors (Lipinski definition) is 2. The molecule has 2 aromatic heterocycles. The number of carbonyl (C=O) groups is 1. The van der Waals surface area contributed by atoms with E-state index in [1.165, 1.54) is 7.05 Å². The van der Waals surface area contributed by atoms with Crippen molar-refractivity contribution in [3.05, 3.63) is 58.9 Å². The minimum atomic E-state index is -0.791. The zero-order valence-corrected chi connectivity index (χ0v) is 17.2. The van der Waals surface area contributed by atoms with Crippen LogP contribution in [0, 0.1) is 24.5 Å². The van der Waals surface area contributed by atoms with Gasteiger partial charge in [0.1, 0.15) is 17.3 Å². The molecule has 158 valence electrons. The van der Waals surface area contributed by atoms with Crippen molar-refractivity contribution in [2.24, 2.45) is 11.7 Å². The predicted octanol–water partition coefficient (Wildman–Crippen LogP) is 4.01. The molecule has 0 unspecified atom stereocenters. The number of fused-ring (bicyclic) bond motifs is 1. The number of hydrogen-bond acceptors (Lipinski definition) is 3. The van der Waals surface area contributed by atoms with Gasteiger partial charge in [-0.2, -0.15) is 0 Å². The molecule has 0 saturated heterocycles. The summed E-state index contributed by atoms with van der Waals surface area (Å²) in [6.45, 7) is 1.95. The van der Waals surface area contributed by atoms with Gasteiger partial charge in [0.15, 0.2) is 0 Å². The van der Waals surface area contributed by atoms with Crippen molar-refractivity contribution in [1.29, 1.82) is 0 Å². The van der Waals surface area contributed by atoms with Crippen LogP contribution in [-0.2, 0) is 6.42 Å². The number of aromatic nitrogens is 2. The fourth-order valence-electron chi connectivity index (χ4n) is 4.33. The maximum Gasteiger partial charge on any atom is 0.251 e. The molecule has 7 heteroatoms. The third-order valence-electron chi connectivity index (χ3n) is 6.02. The van der Waals surface area contributed by atoms with Gasteiger partial charge in [-0.1, -0.05) is 0 Å². The summed E-state index contributed by atoms with van der Waals surface area (Å²) in [6, 6.07) is 6.22. The van der Waals surface area contributed by atoms with E-state index in [9.17, 15) is 4.79 Å². The molecule has 1 aliphatic carbocycles. The molecule has 1 aliphatic rings. The number of carbonyl (C=O) groups excluding carboxylic acids is 1. The van der Waals surface area contributed by atoms with Crippen molar-refractivity contribution in [3.8, 4) is 11.3 Å². The normalized spacial score (nSPS) is 19.2. The number of nitrogens with zero attached hydrogens (tertiary/aromatic N) is 2. The van der Waals surface area contributed by atoms with E-state index in [1.807, 2.05) is 29.7 Å². The topological polar surface area (TPSA) is 72.4 Å². The lowest BCUT2D eigenvalue weighted by Gasteiger charge is -2.26. The Morgan fingerprint density at radius 3 is 2.50 bits per heavy atom. The molecule has 5 nitrogen and oxygen atoms in total. The molecular weight excluding hydrogens is 386 g/mol. The van der Waals surface area contributed by atoms with Crippen molar-refractivity contribution >= 4 is 11.6 Å². The molecule has 1 saturated carbocycles. The Morgan fingerprint density at radius 1 is 1.20 bits per heavy atom. The van der Waals surface area contributed by atoms with E-state index in [-0.39, 0.29) is 17.2 Å². The molecule has 0 spiro atoms. The fourth-order valence-corrected chi connectivity index (χ4v) is 4.33. The van der Waals surface area contributed by atoms with Crippen LogP contribution in [0.1, 0.15) is 47.3 Å². The zero-order chi connectivity index (χ0) is 21.4. The van der Waals surface area contributed by atoms with Gasteiger partial charge in [-0.25, -0.2) is 13.8 Å². The van der Waals surface area contributed by atoms with Gasteiger partial charge in [0.2, 0.25) is 0 Å². The van der Waals surface area contributed by atoms with E-state index in [0.717, 1.165) is 49.1 Å². The Kier molecular flexibility index (Phi) is 5.56. The Bertz CT molecular complexity index is 1080. The van der Waals surface area contributed by atoms with Gasteiger partial charge < -0.3 is 15.5 Å². The van der Waals surface area contributed by atoms with Crippen molar-refractivity contribution in [1.82, 2.24) is 14.7 Å². The van der Waals surface area contributed by atoms with Gasteiger partial charge >= 0.3 is 0 Å². The van der Waals surface area contributed by atoms with Crippen LogP contribution in [0.25, 0.3) is 16.9 Å². The van der Waals surface area contributed by atoms with E-state index in [4.69, 9.17) is 5.73 Å². The van der Waals surface area contributed by atoms with Gasteiger partial charge in [0, 0.05) is 24.8 Å². The summed E-state index contributed by atoms with van der Waals surface area (Å²) < 4.78 is 32.0. The van der Waals surface area contributed by atoms with Gasteiger partial charge in [-0.05, 0) is 74.8 Å². The van der Waals surface area contributed by atoms with Gasteiger partial charge in [0.25, 0.3) is 5.91 Å². The second-order valence-electron chi connectivity index (χ2n) is 8.22. The third-order valence-corrected chi connectivity index (χ3v) is 6.02. The summed E-state index contributed by atoms with van der Waals surface area (Å²) in [6.07, 6.45) is 6.46. The van der Waals surface area contributed by atoms with Crippen LogP contribution >= 0.6 is 0 Å². The Morgan fingerprint density at radius 2 is 1.87 bits per heavy atom. The smallest absolute Gasteiger partial charge is 0.251 e. The first-order valence-corrected chi connectivity index (χ1v) is 10.3. The average Bonchev–Trinajstić information content (AvgIpc) is 3.05. The standard InChI is InChI=1S/C23H26F2N4O/c1-13-7-8-29-19(10-14-3-5-16(26)6-4-14)22(28-20(29)9-13)21-17(24)11-15(12-18(21)25)23(30)27-2/h7-9,11-12,14,16H,3-6,10,26H2,1-2H3,(H,27,30). The summed E-state index contributed by atoms with van der Waals surface area (Å²) in [5.41, 5.74) is 8.55. The van der Waals surface area contributed by atoms with Crippen molar-refractivity contribution in [2.75, 3.05) is 7.05 Å². The lowest BCUT2D eigenvalue weighted by molar-refractivity contribution is 0.0962. The summed E-state index contributed by atoms with van der Waals surface area (Å²) in [4.78, 5) is 16.4. The highest BCUT2D eigenvalue weighted by atomic mass is 19.1. The number of benzene rings is 1. The molecule has 3 N–H and O–H groups in total. The summed E-state index contributed by atoms with van der Waals surface area (Å²) in [7, 11) is 1.42. The van der Waals surface area contributed by atoms with E-state index >= 15 is 8.78 Å². The number of pyridine rings is 1. The molecule has 1 fully saturated rings. The highest BCUT2D eigenvalue weighted by Gasteiger charge is 2.26. The molecule has 3 aromatic rings. The second kappa shape index (κ2) is 8.14. The molecule has 2 heterocycles. The van der Waals surface area contributed by atoms with Crippen LogP contribution in [0.3, 0.4) is 0 Å². The number of nitrogens with one attached hydrogen (secondary N) is 1. The number of halogens is 2. The van der Waals surface area contributed by atoms with Crippen LogP contribution in [0.15, 0.2) is 30.5 Å². The number of amides is 1. The van der Waals surface area contributed by atoms with Crippen LogP contribution in [-0.4, -0.2) is 28.4 Å². The summed E-state index contributed by atoms with van der Waals surface area (Å²) in [5.74, 6) is -1.73. The van der Waals surface area contributed by atoms with Crippen LogP contribution < -0.4 is 11.1 Å². The zero-order valence-electron chi connectivity index (χ0n) is 17.2. The third kappa shape index (κ3) is 3.81. The van der Waals surface area contributed by atoms with E-state index < -0.39 is 17.5 Å². The summed E-state index contributed by atoms with van der Waals surface area (Å²) >= 11 is 0.